The molecule has 196 valence electrons. The summed E-state index contributed by atoms with van der Waals surface area (Å²) in [5.41, 5.74) is 0.751. The zero-order valence-electron chi connectivity index (χ0n) is 19.4. The minimum Gasteiger partial charge on any atom is -0.400 e. The molecular weight excluding hydrogens is 498 g/mol. The van der Waals surface area contributed by atoms with Crippen LogP contribution in [0.5, 0.6) is 0 Å². The molecular formula is C22H28F2N6O5S. The Kier molecular flexibility index (Phi) is 9.42. The van der Waals surface area contributed by atoms with Crippen molar-refractivity contribution < 1.29 is 32.0 Å². The third-order valence-corrected chi connectivity index (χ3v) is 5.94. The molecule has 36 heavy (non-hydrogen) atoms. The summed E-state index contributed by atoms with van der Waals surface area (Å²) < 4.78 is 51.6. The van der Waals surface area contributed by atoms with Crippen LogP contribution in [0.2, 0.25) is 0 Å². The average Bonchev–Trinajstić information content (AvgIpc) is 3.47. The lowest BCUT2D eigenvalue weighted by molar-refractivity contribution is 0.103. The van der Waals surface area contributed by atoms with E-state index in [4.69, 9.17) is 14.4 Å². The van der Waals surface area contributed by atoms with Crippen molar-refractivity contribution in [3.63, 3.8) is 0 Å². The smallest absolute Gasteiger partial charge is 0.218 e. The quantitative estimate of drug-likeness (QED) is 0.261. The number of hydrogen-bond acceptors (Lipinski definition) is 10. The Morgan fingerprint density at radius 1 is 1.25 bits per heavy atom. The van der Waals surface area contributed by atoms with Gasteiger partial charge < -0.3 is 10.4 Å². The van der Waals surface area contributed by atoms with Crippen molar-refractivity contribution in [3.8, 4) is 0 Å². The SMILES string of the molecule is CO.NS(O)(O)OCC1CCC(Nc2ncncc2C(=O)c2ccn(Cc3cc(F)cc(F)c3)n2)C1. The summed E-state index contributed by atoms with van der Waals surface area (Å²) in [4.78, 5) is 21.2. The van der Waals surface area contributed by atoms with Crippen LogP contribution >= 0.6 is 11.1 Å². The Bertz CT molecular complexity index is 1160. The van der Waals surface area contributed by atoms with Crippen molar-refractivity contribution in [2.75, 3.05) is 19.0 Å². The van der Waals surface area contributed by atoms with E-state index in [9.17, 15) is 22.7 Å². The molecule has 0 saturated heterocycles. The van der Waals surface area contributed by atoms with Crippen molar-refractivity contribution in [2.45, 2.75) is 31.8 Å². The molecule has 2 heterocycles. The van der Waals surface area contributed by atoms with Crippen molar-refractivity contribution in [1.29, 1.82) is 0 Å². The van der Waals surface area contributed by atoms with E-state index in [1.165, 1.54) is 35.4 Å². The molecule has 4 rings (SSSR count). The number of hydrogen-bond donors (Lipinski definition) is 5. The maximum absolute atomic E-state index is 13.4. The molecule has 0 bridgehead atoms. The second-order valence-corrected chi connectivity index (χ2v) is 9.44. The van der Waals surface area contributed by atoms with Crippen molar-refractivity contribution >= 4 is 22.7 Å². The number of aliphatic hydroxyl groups is 1. The molecule has 1 aliphatic rings. The number of nitrogens with zero attached hydrogens (tertiary/aromatic N) is 4. The van der Waals surface area contributed by atoms with E-state index in [-0.39, 0.29) is 36.4 Å². The van der Waals surface area contributed by atoms with Gasteiger partial charge in [0.2, 0.25) is 5.78 Å². The number of benzene rings is 1. The van der Waals surface area contributed by atoms with Crippen molar-refractivity contribution in [3.05, 3.63) is 71.4 Å². The van der Waals surface area contributed by atoms with Crippen molar-refractivity contribution in [2.24, 2.45) is 11.1 Å². The molecule has 2 atom stereocenters. The Morgan fingerprint density at radius 3 is 2.67 bits per heavy atom. The first kappa shape index (κ1) is 27.6. The van der Waals surface area contributed by atoms with Gasteiger partial charge in [-0.2, -0.15) is 5.10 Å². The number of rotatable bonds is 9. The summed E-state index contributed by atoms with van der Waals surface area (Å²) in [6.07, 6.45) is 6.51. The van der Waals surface area contributed by atoms with E-state index in [1.54, 1.807) is 6.20 Å². The Balaban J connectivity index is 0.00000176. The number of carbonyl (C=O) groups excluding carboxylic acids is 1. The van der Waals surface area contributed by atoms with E-state index in [0.717, 1.165) is 26.0 Å². The highest BCUT2D eigenvalue weighted by molar-refractivity contribution is 8.18. The summed E-state index contributed by atoms with van der Waals surface area (Å²) in [6.45, 7) is 0.219. The fraction of sp³-hybridized carbons (Fsp3) is 0.364. The minimum atomic E-state index is -3.49. The van der Waals surface area contributed by atoms with Crippen LogP contribution in [0.3, 0.4) is 0 Å². The molecule has 1 fully saturated rings. The number of aromatic nitrogens is 4. The first-order valence-electron chi connectivity index (χ1n) is 10.9. The van der Waals surface area contributed by atoms with Gasteiger partial charge in [-0.05, 0) is 48.9 Å². The lowest BCUT2D eigenvalue weighted by Gasteiger charge is -2.22. The number of nitrogens with one attached hydrogen (secondary N) is 1. The first-order chi connectivity index (χ1) is 17.2. The summed E-state index contributed by atoms with van der Waals surface area (Å²) in [7, 11) is 1.00. The van der Waals surface area contributed by atoms with Crippen LogP contribution in [0.1, 0.15) is 40.9 Å². The molecule has 2 unspecified atom stereocenters. The normalized spacial score (nSPS) is 17.9. The summed E-state index contributed by atoms with van der Waals surface area (Å²) in [5, 5.41) is 19.6. The van der Waals surface area contributed by atoms with Crippen molar-refractivity contribution in [1.82, 2.24) is 19.7 Å². The van der Waals surface area contributed by atoms with Gasteiger partial charge in [0.05, 0.1) is 18.7 Å². The zero-order chi connectivity index (χ0) is 26.3. The number of nitrogens with two attached hydrogens (primary N) is 1. The van der Waals surface area contributed by atoms with E-state index >= 15 is 0 Å². The Hall–Kier alpha value is -3.01. The van der Waals surface area contributed by atoms with Crippen LogP contribution in [0.4, 0.5) is 14.6 Å². The zero-order valence-corrected chi connectivity index (χ0v) is 20.2. The molecule has 11 nitrogen and oxygen atoms in total. The third-order valence-electron chi connectivity index (χ3n) is 5.46. The Labute approximate surface area is 208 Å². The van der Waals surface area contributed by atoms with E-state index in [1.807, 2.05) is 0 Å². The van der Waals surface area contributed by atoms with E-state index in [0.29, 0.717) is 17.8 Å². The lowest BCUT2D eigenvalue weighted by atomic mass is 10.1. The molecule has 0 amide bonds. The van der Waals surface area contributed by atoms with Gasteiger partial charge in [-0.3, -0.25) is 22.8 Å². The molecule has 14 heteroatoms. The van der Waals surface area contributed by atoms with Gasteiger partial charge in [0.15, 0.2) is 11.1 Å². The summed E-state index contributed by atoms with van der Waals surface area (Å²) in [5.74, 6) is -1.34. The average molecular weight is 527 g/mol. The number of carbonyl (C=O) groups is 1. The number of anilines is 1. The van der Waals surface area contributed by atoms with Crippen LogP contribution < -0.4 is 10.5 Å². The number of ketones is 1. The Morgan fingerprint density at radius 2 is 1.97 bits per heavy atom. The highest BCUT2D eigenvalue weighted by Gasteiger charge is 2.28. The van der Waals surface area contributed by atoms with Crippen LogP contribution in [0.25, 0.3) is 0 Å². The second kappa shape index (κ2) is 12.3. The van der Waals surface area contributed by atoms with Crippen LogP contribution in [-0.2, 0) is 10.7 Å². The summed E-state index contributed by atoms with van der Waals surface area (Å²) >= 11 is -3.49. The maximum atomic E-state index is 13.4. The highest BCUT2D eigenvalue weighted by atomic mass is 32.3. The fourth-order valence-corrected chi connectivity index (χ4v) is 4.35. The molecule has 6 N–H and O–H groups in total. The van der Waals surface area contributed by atoms with Gasteiger partial charge in [0.1, 0.15) is 29.5 Å². The molecule has 0 aliphatic heterocycles. The van der Waals surface area contributed by atoms with E-state index < -0.39 is 28.5 Å². The molecule has 3 aromatic rings. The van der Waals surface area contributed by atoms with Gasteiger partial charge in [0, 0.05) is 31.6 Å². The van der Waals surface area contributed by atoms with Crippen LogP contribution in [-0.4, -0.2) is 59.5 Å². The maximum Gasteiger partial charge on any atom is 0.218 e. The minimum absolute atomic E-state index is 0.00459. The highest BCUT2D eigenvalue weighted by Crippen LogP contribution is 2.35. The fourth-order valence-electron chi connectivity index (χ4n) is 3.96. The monoisotopic (exact) mass is 526 g/mol. The third kappa shape index (κ3) is 7.74. The molecule has 2 aromatic heterocycles. The number of halogens is 2. The number of aliphatic hydroxyl groups excluding tert-OH is 1. The standard InChI is InChI=1S/C21H24F2N6O4S.CH4O/c22-15-5-14(6-16(23)8-15)10-29-4-3-19(28-29)20(30)18-9-25-12-26-21(18)27-17-2-1-13(7-17)11-33-34(24,31)32;1-2/h3-6,8-9,12-13,17,31-32H,1-2,7,10-11,24H2,(H,25,26,27);2H,1H3. The van der Waals surface area contributed by atoms with Gasteiger partial charge in [-0.25, -0.2) is 23.9 Å². The molecule has 1 aromatic carbocycles. The topological polar surface area (TPSA) is 169 Å². The second-order valence-electron chi connectivity index (χ2n) is 8.13. The first-order valence-corrected chi connectivity index (χ1v) is 12.4. The lowest BCUT2D eigenvalue weighted by Crippen LogP contribution is -2.21. The van der Waals surface area contributed by atoms with E-state index in [2.05, 4.69) is 20.4 Å². The molecule has 0 spiro atoms. The van der Waals surface area contributed by atoms with Crippen LogP contribution in [0.15, 0.2) is 43.0 Å². The van der Waals surface area contributed by atoms with Crippen LogP contribution in [0, 0.1) is 17.6 Å². The summed E-state index contributed by atoms with van der Waals surface area (Å²) in [6, 6.07) is 4.71. The molecule has 1 saturated carbocycles. The van der Waals surface area contributed by atoms with Gasteiger partial charge >= 0.3 is 0 Å². The van der Waals surface area contributed by atoms with Gasteiger partial charge in [-0.1, -0.05) is 0 Å². The largest absolute Gasteiger partial charge is 0.400 e. The predicted octanol–water partition coefficient (Wildman–Crippen LogP) is 2.98. The molecule has 0 radical (unpaired) electrons. The van der Waals surface area contributed by atoms with Gasteiger partial charge in [0.25, 0.3) is 0 Å². The molecule has 1 aliphatic carbocycles. The predicted molar refractivity (Wildman–Crippen MR) is 129 cm³/mol. The van der Waals surface area contributed by atoms with Gasteiger partial charge in [-0.15, -0.1) is 0 Å².